The summed E-state index contributed by atoms with van der Waals surface area (Å²) in [6.07, 6.45) is 71.4. The fraction of sp³-hybridized carbons (Fsp3) is 0.825. The summed E-state index contributed by atoms with van der Waals surface area (Å²) in [5.74, 6) is -0.963. The van der Waals surface area contributed by atoms with Crippen molar-refractivity contribution in [2.75, 3.05) is 13.2 Å². The quantitative estimate of drug-likeness (QED) is 0.0262. The largest absolute Gasteiger partial charge is 0.462 e. The summed E-state index contributed by atoms with van der Waals surface area (Å²) >= 11 is 0. The summed E-state index contributed by atoms with van der Waals surface area (Å²) in [4.78, 5) is 38.1. The van der Waals surface area contributed by atoms with Gasteiger partial charge < -0.3 is 14.2 Å². The van der Waals surface area contributed by atoms with E-state index < -0.39 is 6.10 Å². The predicted molar refractivity (Wildman–Crippen MR) is 298 cm³/mol. The van der Waals surface area contributed by atoms with Crippen LogP contribution in [0.25, 0.3) is 0 Å². The first kappa shape index (κ1) is 66.4. The fourth-order valence-corrected chi connectivity index (χ4v) is 8.87. The van der Waals surface area contributed by atoms with Crippen molar-refractivity contribution in [2.45, 2.75) is 322 Å². The number of allylic oxidation sites excluding steroid dienone is 8. The van der Waals surface area contributed by atoms with Crippen molar-refractivity contribution in [1.29, 1.82) is 0 Å². The Balaban J connectivity index is 4.23. The first-order chi connectivity index (χ1) is 34.0. The highest BCUT2D eigenvalue weighted by Gasteiger charge is 2.19. The number of carbonyl (C=O) groups excluding carboxylic acids is 3. The van der Waals surface area contributed by atoms with Crippen molar-refractivity contribution < 1.29 is 28.6 Å². The average molecular weight is 968 g/mol. The first-order valence-electron chi connectivity index (χ1n) is 30.1. The molecule has 0 aliphatic heterocycles. The Hall–Kier alpha value is -2.63. The maximum absolute atomic E-state index is 12.8. The van der Waals surface area contributed by atoms with Crippen LogP contribution in [-0.2, 0) is 28.6 Å². The van der Waals surface area contributed by atoms with Crippen LogP contribution in [-0.4, -0.2) is 37.2 Å². The molecule has 1 atom stereocenters. The van der Waals surface area contributed by atoms with Gasteiger partial charge in [-0.25, -0.2) is 0 Å². The van der Waals surface area contributed by atoms with E-state index in [-0.39, 0.29) is 37.5 Å². The van der Waals surface area contributed by atoms with Crippen molar-refractivity contribution in [2.24, 2.45) is 0 Å². The summed E-state index contributed by atoms with van der Waals surface area (Å²) in [6, 6.07) is 0. The van der Waals surface area contributed by atoms with Gasteiger partial charge in [0.05, 0.1) is 0 Å². The van der Waals surface area contributed by atoms with Gasteiger partial charge in [0.25, 0.3) is 0 Å². The molecule has 0 bridgehead atoms. The third kappa shape index (κ3) is 56.2. The zero-order valence-corrected chi connectivity index (χ0v) is 46.1. The molecule has 0 aliphatic rings. The monoisotopic (exact) mass is 967 g/mol. The van der Waals surface area contributed by atoms with E-state index >= 15 is 0 Å². The molecule has 69 heavy (non-hydrogen) atoms. The molecule has 0 heterocycles. The van der Waals surface area contributed by atoms with Crippen LogP contribution in [0.4, 0.5) is 0 Å². The van der Waals surface area contributed by atoms with Crippen LogP contribution in [0.3, 0.4) is 0 Å². The van der Waals surface area contributed by atoms with E-state index in [1.165, 1.54) is 205 Å². The lowest BCUT2D eigenvalue weighted by Gasteiger charge is -2.18. The summed E-state index contributed by atoms with van der Waals surface area (Å²) in [5.41, 5.74) is 0. The Bertz CT molecular complexity index is 1200. The minimum Gasteiger partial charge on any atom is -0.462 e. The Morgan fingerprint density at radius 3 is 0.855 bits per heavy atom. The molecule has 0 saturated heterocycles. The van der Waals surface area contributed by atoms with Crippen LogP contribution in [0, 0.1) is 0 Å². The molecule has 0 aromatic carbocycles. The second kappa shape index (κ2) is 57.9. The molecule has 6 heteroatoms. The zero-order chi connectivity index (χ0) is 50.0. The van der Waals surface area contributed by atoms with Crippen LogP contribution in [0.5, 0.6) is 0 Å². The van der Waals surface area contributed by atoms with E-state index in [0.717, 1.165) is 64.2 Å². The maximum atomic E-state index is 12.8. The summed E-state index contributed by atoms with van der Waals surface area (Å²) < 4.78 is 16.8. The van der Waals surface area contributed by atoms with Gasteiger partial charge in [0, 0.05) is 19.3 Å². The molecule has 6 nitrogen and oxygen atoms in total. The highest BCUT2D eigenvalue weighted by molar-refractivity contribution is 5.71. The second-order valence-corrected chi connectivity index (χ2v) is 20.2. The number of unbranched alkanes of at least 4 members (excludes halogenated alkanes) is 36. The predicted octanol–water partition coefficient (Wildman–Crippen LogP) is 20.2. The number of hydrogen-bond acceptors (Lipinski definition) is 6. The molecule has 0 N–H and O–H groups in total. The number of ether oxygens (including phenoxy) is 3. The van der Waals surface area contributed by atoms with E-state index in [1.54, 1.807) is 0 Å². The molecule has 0 rings (SSSR count). The van der Waals surface area contributed by atoms with Gasteiger partial charge in [-0.1, -0.05) is 301 Å². The van der Waals surface area contributed by atoms with Gasteiger partial charge in [-0.3, -0.25) is 14.4 Å². The second-order valence-electron chi connectivity index (χ2n) is 20.2. The number of hydrogen-bond donors (Lipinski definition) is 0. The Kier molecular flexibility index (Phi) is 55.7. The van der Waals surface area contributed by atoms with Crippen molar-refractivity contribution in [3.05, 3.63) is 48.6 Å². The van der Waals surface area contributed by atoms with Crippen LogP contribution >= 0.6 is 0 Å². The zero-order valence-electron chi connectivity index (χ0n) is 46.1. The van der Waals surface area contributed by atoms with Crippen LogP contribution in [0.1, 0.15) is 316 Å². The summed E-state index contributed by atoms with van der Waals surface area (Å²) in [7, 11) is 0. The lowest BCUT2D eigenvalue weighted by molar-refractivity contribution is -0.166. The van der Waals surface area contributed by atoms with Crippen molar-refractivity contribution in [3.63, 3.8) is 0 Å². The SMILES string of the molecule is CC/C=C\C/C=C\C/C=C\C/C=C\CCC(=O)OC(COC(=O)CCCCCCCCCCCCCCC)COC(=O)CCCCCCCCCCCCCCCCCCCCCCCCCCC. The molecule has 0 aromatic heterocycles. The van der Waals surface area contributed by atoms with E-state index in [0.29, 0.717) is 19.3 Å². The lowest BCUT2D eigenvalue weighted by Crippen LogP contribution is -2.30. The first-order valence-corrected chi connectivity index (χ1v) is 30.1. The van der Waals surface area contributed by atoms with Gasteiger partial charge in [0.1, 0.15) is 13.2 Å². The molecular formula is C63H114O6. The van der Waals surface area contributed by atoms with Crippen LogP contribution in [0.15, 0.2) is 48.6 Å². The van der Waals surface area contributed by atoms with Crippen molar-refractivity contribution >= 4 is 17.9 Å². The Morgan fingerprint density at radius 2 is 0.565 bits per heavy atom. The highest BCUT2D eigenvalue weighted by atomic mass is 16.6. The smallest absolute Gasteiger partial charge is 0.306 e. The highest BCUT2D eigenvalue weighted by Crippen LogP contribution is 2.17. The van der Waals surface area contributed by atoms with E-state index in [1.807, 2.05) is 6.08 Å². The van der Waals surface area contributed by atoms with Crippen molar-refractivity contribution in [1.82, 2.24) is 0 Å². The number of rotatable bonds is 55. The Labute approximate surface area is 428 Å². The molecule has 0 fully saturated rings. The molecule has 0 aliphatic carbocycles. The van der Waals surface area contributed by atoms with Gasteiger partial charge in [0.15, 0.2) is 6.10 Å². The third-order valence-electron chi connectivity index (χ3n) is 13.4. The third-order valence-corrected chi connectivity index (χ3v) is 13.4. The minimum absolute atomic E-state index is 0.0972. The standard InChI is InChI=1S/C63H114O6/c1-4-7-10-13-16-19-22-25-26-27-28-29-30-31-32-33-34-35-36-39-41-44-47-50-53-56-62(65)68-59-60(69-63(66)57-54-51-48-45-42-38-24-21-18-15-12-9-6-3)58-67-61(64)55-52-49-46-43-40-37-23-20-17-14-11-8-5-2/h9,12,18,21,38,42,48,51,60H,4-8,10-11,13-17,19-20,22-37,39-41,43-47,49-50,52-59H2,1-3H3/b12-9-,21-18-,42-38-,51-48-. The van der Waals surface area contributed by atoms with Gasteiger partial charge in [-0.2, -0.15) is 0 Å². The maximum Gasteiger partial charge on any atom is 0.306 e. The average Bonchev–Trinajstić information content (AvgIpc) is 3.35. The molecule has 1 unspecified atom stereocenters. The fourth-order valence-electron chi connectivity index (χ4n) is 8.87. The topological polar surface area (TPSA) is 78.9 Å². The van der Waals surface area contributed by atoms with E-state index in [2.05, 4.69) is 63.3 Å². The number of carbonyl (C=O) groups is 3. The molecular weight excluding hydrogens is 853 g/mol. The molecule has 402 valence electrons. The van der Waals surface area contributed by atoms with Gasteiger partial charge in [0.2, 0.25) is 0 Å². The van der Waals surface area contributed by atoms with Crippen LogP contribution < -0.4 is 0 Å². The van der Waals surface area contributed by atoms with Gasteiger partial charge >= 0.3 is 17.9 Å². The molecule has 0 radical (unpaired) electrons. The van der Waals surface area contributed by atoms with E-state index in [4.69, 9.17) is 14.2 Å². The van der Waals surface area contributed by atoms with Crippen molar-refractivity contribution in [3.8, 4) is 0 Å². The normalized spacial score (nSPS) is 12.3. The van der Waals surface area contributed by atoms with Gasteiger partial charge in [-0.15, -0.1) is 0 Å². The van der Waals surface area contributed by atoms with E-state index in [9.17, 15) is 14.4 Å². The molecule has 0 saturated carbocycles. The lowest BCUT2D eigenvalue weighted by atomic mass is 10.0. The molecule has 0 aromatic rings. The summed E-state index contributed by atoms with van der Waals surface area (Å²) in [6.45, 7) is 6.50. The Morgan fingerprint density at radius 1 is 0.304 bits per heavy atom. The van der Waals surface area contributed by atoms with Gasteiger partial charge in [-0.05, 0) is 44.9 Å². The molecule has 0 amide bonds. The number of esters is 3. The minimum atomic E-state index is -0.807. The molecule has 0 spiro atoms. The van der Waals surface area contributed by atoms with Crippen LogP contribution in [0.2, 0.25) is 0 Å². The summed E-state index contributed by atoms with van der Waals surface area (Å²) in [5, 5.41) is 0.